The van der Waals surface area contributed by atoms with Gasteiger partial charge in [-0.25, -0.2) is 0 Å². The Bertz CT molecular complexity index is 718. The Hall–Kier alpha value is -2.32. The Morgan fingerprint density at radius 2 is 1.95 bits per heavy atom. The van der Waals surface area contributed by atoms with Gasteiger partial charge in [0.2, 0.25) is 0 Å². The lowest BCUT2D eigenvalue weighted by atomic mass is 10.1. The van der Waals surface area contributed by atoms with Crippen LogP contribution in [-0.2, 0) is 9.53 Å². The highest BCUT2D eigenvalue weighted by Crippen LogP contribution is 2.38. The maximum Gasteiger partial charge on any atom is 0.321 e. The number of carbonyl (C=O) groups is 1. The van der Waals surface area contributed by atoms with Gasteiger partial charge < -0.3 is 4.74 Å². The summed E-state index contributed by atoms with van der Waals surface area (Å²) in [6, 6.07) is 11.3. The second kappa shape index (κ2) is 6.63. The van der Waals surface area contributed by atoms with Crippen LogP contribution in [0.25, 0.3) is 11.1 Å². The molecule has 2 aromatic rings. The van der Waals surface area contributed by atoms with Crippen LogP contribution in [0.5, 0.6) is 0 Å². The van der Waals surface area contributed by atoms with Gasteiger partial charge in [0.1, 0.15) is 4.75 Å². The molecule has 0 bridgehead atoms. The van der Waals surface area contributed by atoms with Crippen molar-refractivity contribution in [1.82, 2.24) is 4.98 Å². The third-order valence-corrected chi connectivity index (χ3v) is 4.37. The molecule has 1 aromatic carbocycles. The number of nitriles is 1. The maximum atomic E-state index is 11.9. The third-order valence-electron chi connectivity index (χ3n) is 3.15. The molecule has 0 aliphatic heterocycles. The average molecular weight is 312 g/mol. The van der Waals surface area contributed by atoms with Crippen molar-refractivity contribution in [2.45, 2.75) is 23.5 Å². The van der Waals surface area contributed by atoms with E-state index < -0.39 is 4.75 Å². The van der Waals surface area contributed by atoms with Crippen LogP contribution in [0.3, 0.4) is 0 Å². The SMILES string of the molecule is COC(=O)C(C)(C)Sc1cnccc1-c1ccc(C#N)cc1. The Morgan fingerprint density at radius 3 is 2.55 bits per heavy atom. The van der Waals surface area contributed by atoms with Crippen molar-refractivity contribution < 1.29 is 9.53 Å². The van der Waals surface area contributed by atoms with E-state index in [1.54, 1.807) is 24.5 Å². The third kappa shape index (κ3) is 3.46. The van der Waals surface area contributed by atoms with Crippen LogP contribution < -0.4 is 0 Å². The zero-order valence-electron chi connectivity index (χ0n) is 12.7. The van der Waals surface area contributed by atoms with Crippen LogP contribution in [0.2, 0.25) is 0 Å². The van der Waals surface area contributed by atoms with Gasteiger partial charge in [0.25, 0.3) is 0 Å². The average Bonchev–Trinajstić information content (AvgIpc) is 2.54. The van der Waals surface area contributed by atoms with Crippen molar-refractivity contribution in [3.63, 3.8) is 0 Å². The van der Waals surface area contributed by atoms with Gasteiger partial charge in [-0.1, -0.05) is 12.1 Å². The molecule has 0 fully saturated rings. The van der Waals surface area contributed by atoms with Crippen LogP contribution in [0.15, 0.2) is 47.6 Å². The second-order valence-electron chi connectivity index (χ2n) is 5.16. The monoisotopic (exact) mass is 312 g/mol. The van der Waals surface area contributed by atoms with E-state index in [0.717, 1.165) is 16.0 Å². The minimum absolute atomic E-state index is 0.285. The summed E-state index contributed by atoms with van der Waals surface area (Å²) < 4.78 is 4.14. The molecule has 22 heavy (non-hydrogen) atoms. The van der Waals surface area contributed by atoms with Crippen LogP contribution in [0.4, 0.5) is 0 Å². The molecule has 0 saturated heterocycles. The minimum atomic E-state index is -0.709. The van der Waals surface area contributed by atoms with Gasteiger partial charge >= 0.3 is 5.97 Å². The first-order valence-corrected chi connectivity index (χ1v) is 7.51. The molecule has 0 aliphatic rings. The first-order chi connectivity index (χ1) is 10.5. The van der Waals surface area contributed by atoms with E-state index in [1.807, 2.05) is 32.0 Å². The van der Waals surface area contributed by atoms with Crippen molar-refractivity contribution in [3.05, 3.63) is 48.3 Å². The Kier molecular flexibility index (Phi) is 4.84. The van der Waals surface area contributed by atoms with Crippen LogP contribution >= 0.6 is 11.8 Å². The van der Waals surface area contributed by atoms with Crippen molar-refractivity contribution in [3.8, 4) is 17.2 Å². The number of aromatic nitrogens is 1. The number of benzene rings is 1. The van der Waals surface area contributed by atoms with Crippen molar-refractivity contribution in [2.24, 2.45) is 0 Å². The van der Waals surface area contributed by atoms with Crippen LogP contribution in [0.1, 0.15) is 19.4 Å². The molecule has 0 saturated carbocycles. The Labute approximate surface area is 134 Å². The molecule has 5 heteroatoms. The highest BCUT2D eigenvalue weighted by molar-refractivity contribution is 8.01. The van der Waals surface area contributed by atoms with Gasteiger partial charge in [-0.2, -0.15) is 5.26 Å². The summed E-state index contributed by atoms with van der Waals surface area (Å²) in [6.07, 6.45) is 3.45. The number of thioether (sulfide) groups is 1. The fraction of sp³-hybridized carbons (Fsp3) is 0.235. The first kappa shape index (κ1) is 16.1. The van der Waals surface area contributed by atoms with Gasteiger partial charge in [0, 0.05) is 17.3 Å². The van der Waals surface area contributed by atoms with Gasteiger partial charge in [-0.05, 0) is 43.2 Å². The summed E-state index contributed by atoms with van der Waals surface area (Å²) in [7, 11) is 1.38. The molecule has 0 atom stereocenters. The summed E-state index contributed by atoms with van der Waals surface area (Å²) in [5, 5.41) is 8.88. The standard InChI is InChI=1S/C17H16N2O2S/c1-17(2,16(20)21-3)22-15-11-19-9-8-14(15)13-6-4-12(10-18)5-7-13/h4-9,11H,1-3H3. The Morgan fingerprint density at radius 1 is 1.27 bits per heavy atom. The smallest absolute Gasteiger partial charge is 0.321 e. The summed E-state index contributed by atoms with van der Waals surface area (Å²) in [5.41, 5.74) is 2.56. The van der Waals surface area contributed by atoms with Crippen molar-refractivity contribution >= 4 is 17.7 Å². The molecule has 112 valence electrons. The number of hydrogen-bond acceptors (Lipinski definition) is 5. The molecule has 0 aliphatic carbocycles. The number of ether oxygens (including phenoxy) is 1. The quantitative estimate of drug-likeness (QED) is 0.637. The van der Waals surface area contributed by atoms with Gasteiger partial charge in [-0.15, -0.1) is 11.8 Å². The number of nitrogens with zero attached hydrogens (tertiary/aromatic N) is 2. The molecule has 0 N–H and O–H groups in total. The fourth-order valence-corrected chi connectivity index (χ4v) is 3.11. The number of esters is 1. The van der Waals surface area contributed by atoms with Crippen molar-refractivity contribution in [1.29, 1.82) is 5.26 Å². The number of pyridine rings is 1. The molecule has 4 nitrogen and oxygen atoms in total. The summed E-state index contributed by atoms with van der Waals surface area (Å²) in [5.74, 6) is -0.285. The highest BCUT2D eigenvalue weighted by atomic mass is 32.2. The molecule has 0 amide bonds. The lowest BCUT2D eigenvalue weighted by Crippen LogP contribution is -2.28. The van der Waals surface area contributed by atoms with Gasteiger partial charge in [-0.3, -0.25) is 9.78 Å². The largest absolute Gasteiger partial charge is 0.468 e. The number of methoxy groups -OCH3 is 1. The van der Waals surface area contributed by atoms with E-state index in [2.05, 4.69) is 11.1 Å². The van der Waals surface area contributed by atoms with E-state index >= 15 is 0 Å². The fourth-order valence-electron chi connectivity index (χ4n) is 1.99. The molecule has 0 unspecified atom stereocenters. The topological polar surface area (TPSA) is 63.0 Å². The van der Waals surface area contributed by atoms with Crippen LogP contribution in [0, 0.1) is 11.3 Å². The predicted molar refractivity (Wildman–Crippen MR) is 86.3 cm³/mol. The summed E-state index contributed by atoms with van der Waals surface area (Å²) in [4.78, 5) is 16.9. The Balaban J connectivity index is 2.38. The zero-order chi connectivity index (χ0) is 16.2. The van der Waals surface area contributed by atoms with Crippen LogP contribution in [-0.4, -0.2) is 22.8 Å². The molecular weight excluding hydrogens is 296 g/mol. The van der Waals surface area contributed by atoms with E-state index in [0.29, 0.717) is 5.56 Å². The molecule has 2 rings (SSSR count). The second-order valence-corrected chi connectivity index (χ2v) is 6.83. The minimum Gasteiger partial charge on any atom is -0.468 e. The lowest BCUT2D eigenvalue weighted by Gasteiger charge is -2.22. The van der Waals surface area contributed by atoms with E-state index in [1.165, 1.54) is 18.9 Å². The maximum absolute atomic E-state index is 11.9. The predicted octanol–water partition coefficient (Wildman–Crippen LogP) is 3.66. The van der Waals surface area contributed by atoms with E-state index in [4.69, 9.17) is 10.00 Å². The van der Waals surface area contributed by atoms with Gasteiger partial charge in [0.05, 0.1) is 18.7 Å². The molecular formula is C17H16N2O2S. The lowest BCUT2D eigenvalue weighted by molar-refractivity contribution is -0.142. The number of hydrogen-bond donors (Lipinski definition) is 0. The molecule has 1 aromatic heterocycles. The van der Waals surface area contributed by atoms with E-state index in [9.17, 15) is 4.79 Å². The highest BCUT2D eigenvalue weighted by Gasteiger charge is 2.31. The van der Waals surface area contributed by atoms with Crippen molar-refractivity contribution in [2.75, 3.05) is 7.11 Å². The summed E-state index contributed by atoms with van der Waals surface area (Å²) >= 11 is 1.41. The normalized spacial score (nSPS) is 10.8. The van der Waals surface area contributed by atoms with E-state index in [-0.39, 0.29) is 5.97 Å². The molecule has 0 spiro atoms. The summed E-state index contributed by atoms with van der Waals surface area (Å²) in [6.45, 7) is 3.64. The molecule has 1 heterocycles. The number of rotatable bonds is 4. The van der Waals surface area contributed by atoms with Gasteiger partial charge in [0.15, 0.2) is 0 Å². The zero-order valence-corrected chi connectivity index (χ0v) is 13.5. The number of carbonyl (C=O) groups excluding carboxylic acids is 1. The first-order valence-electron chi connectivity index (χ1n) is 6.70. The molecule has 0 radical (unpaired) electrons.